The number of amides is 2. The van der Waals surface area contributed by atoms with Gasteiger partial charge in [-0.3, -0.25) is 0 Å². The zero-order valence-electron chi connectivity index (χ0n) is 11.8. The summed E-state index contributed by atoms with van der Waals surface area (Å²) in [7, 11) is 0. The Morgan fingerprint density at radius 3 is 2.20 bits per heavy atom. The van der Waals surface area contributed by atoms with E-state index in [1.54, 1.807) is 12.1 Å². The van der Waals surface area contributed by atoms with Crippen LogP contribution in [0.4, 0.5) is 20.6 Å². The number of rotatable bonds is 2. The Morgan fingerprint density at radius 2 is 1.50 bits per heavy atom. The first-order valence-electron chi connectivity index (χ1n) is 6.38. The van der Waals surface area contributed by atoms with Crippen LogP contribution < -0.4 is 10.6 Å². The molecule has 2 N–H and O–H groups in total. The van der Waals surface area contributed by atoms with Gasteiger partial charge in [0.1, 0.15) is 5.82 Å². The fraction of sp³-hybridized carbons (Fsp3) is 0.188. The predicted octanol–water partition coefficient (Wildman–Crippen LogP) is 4.39. The van der Waals surface area contributed by atoms with Crippen LogP contribution >= 0.6 is 0 Å². The van der Waals surface area contributed by atoms with Crippen molar-refractivity contribution in [2.75, 3.05) is 10.6 Å². The number of hydrogen-bond acceptors (Lipinski definition) is 1. The average Bonchev–Trinajstić information content (AvgIpc) is 2.39. The lowest BCUT2D eigenvalue weighted by atomic mass is 10.1. The summed E-state index contributed by atoms with van der Waals surface area (Å²) in [6.45, 7) is 5.92. The molecule has 3 nitrogen and oxygen atoms in total. The van der Waals surface area contributed by atoms with Crippen LogP contribution in [0.3, 0.4) is 0 Å². The molecule has 104 valence electrons. The minimum atomic E-state index is -0.459. The van der Waals surface area contributed by atoms with E-state index in [0.717, 1.165) is 16.8 Å². The molecule has 0 aliphatic rings. The minimum Gasteiger partial charge on any atom is -0.307 e. The molecule has 0 saturated heterocycles. The lowest BCUT2D eigenvalue weighted by molar-refractivity contribution is 0.262. The average molecular weight is 272 g/mol. The summed E-state index contributed by atoms with van der Waals surface area (Å²) in [4.78, 5) is 11.9. The molecule has 0 aliphatic heterocycles. The number of benzene rings is 2. The first-order chi connectivity index (χ1) is 9.47. The second kappa shape index (κ2) is 5.74. The smallest absolute Gasteiger partial charge is 0.307 e. The van der Waals surface area contributed by atoms with E-state index < -0.39 is 11.8 Å². The van der Waals surface area contributed by atoms with Gasteiger partial charge in [-0.1, -0.05) is 18.2 Å². The predicted molar refractivity (Wildman–Crippen MR) is 79.7 cm³/mol. The van der Waals surface area contributed by atoms with Crippen molar-refractivity contribution >= 4 is 17.4 Å². The molecule has 0 fully saturated rings. The van der Waals surface area contributed by atoms with E-state index in [9.17, 15) is 9.18 Å². The normalized spacial score (nSPS) is 10.2. The Balaban J connectivity index is 2.13. The fourth-order valence-corrected chi connectivity index (χ4v) is 1.93. The summed E-state index contributed by atoms with van der Waals surface area (Å²) < 4.78 is 13.4. The number of urea groups is 1. The van der Waals surface area contributed by atoms with E-state index in [1.165, 1.54) is 17.7 Å². The zero-order chi connectivity index (χ0) is 14.7. The first kappa shape index (κ1) is 14.1. The molecule has 20 heavy (non-hydrogen) atoms. The number of hydrogen-bond donors (Lipinski definition) is 2. The van der Waals surface area contributed by atoms with E-state index in [2.05, 4.69) is 10.6 Å². The molecular weight excluding hydrogens is 255 g/mol. The molecule has 2 aromatic rings. The van der Waals surface area contributed by atoms with Crippen molar-refractivity contribution in [3.63, 3.8) is 0 Å². The van der Waals surface area contributed by atoms with Gasteiger partial charge in [0.25, 0.3) is 0 Å². The molecule has 0 radical (unpaired) electrons. The lowest BCUT2D eigenvalue weighted by Gasteiger charge is -2.12. The van der Waals surface area contributed by atoms with Gasteiger partial charge in [-0.15, -0.1) is 0 Å². The van der Waals surface area contributed by atoms with Gasteiger partial charge in [0.15, 0.2) is 0 Å². The van der Waals surface area contributed by atoms with Crippen molar-refractivity contribution in [2.45, 2.75) is 20.8 Å². The highest BCUT2D eigenvalue weighted by atomic mass is 19.1. The number of halogens is 1. The van der Waals surface area contributed by atoms with Crippen molar-refractivity contribution < 1.29 is 9.18 Å². The maximum absolute atomic E-state index is 13.4. The van der Waals surface area contributed by atoms with E-state index in [4.69, 9.17) is 0 Å². The van der Waals surface area contributed by atoms with Gasteiger partial charge in [0, 0.05) is 5.69 Å². The molecule has 2 amide bonds. The first-order valence-corrected chi connectivity index (χ1v) is 6.38. The lowest BCUT2D eigenvalue weighted by Crippen LogP contribution is -2.20. The van der Waals surface area contributed by atoms with Crippen LogP contribution in [0.15, 0.2) is 36.4 Å². The number of carbonyl (C=O) groups is 1. The van der Waals surface area contributed by atoms with Crippen LogP contribution in [0, 0.1) is 26.6 Å². The van der Waals surface area contributed by atoms with Crippen molar-refractivity contribution in [1.29, 1.82) is 0 Å². The molecule has 0 aliphatic carbocycles. The van der Waals surface area contributed by atoms with Crippen LogP contribution in [0.5, 0.6) is 0 Å². The molecule has 0 aromatic heterocycles. The zero-order valence-corrected chi connectivity index (χ0v) is 11.8. The van der Waals surface area contributed by atoms with E-state index in [-0.39, 0.29) is 5.69 Å². The highest BCUT2D eigenvalue weighted by Crippen LogP contribution is 2.20. The van der Waals surface area contributed by atoms with Gasteiger partial charge in [0.2, 0.25) is 0 Å². The minimum absolute atomic E-state index is 0.159. The largest absolute Gasteiger partial charge is 0.323 e. The fourth-order valence-electron chi connectivity index (χ4n) is 1.93. The van der Waals surface area contributed by atoms with Crippen molar-refractivity contribution in [3.8, 4) is 0 Å². The molecule has 0 unspecified atom stereocenters. The third-order valence-electron chi connectivity index (χ3n) is 3.21. The third kappa shape index (κ3) is 3.15. The van der Waals surface area contributed by atoms with Crippen LogP contribution in [-0.2, 0) is 0 Å². The topological polar surface area (TPSA) is 41.1 Å². The Morgan fingerprint density at radius 1 is 0.900 bits per heavy atom. The Labute approximate surface area is 117 Å². The summed E-state index contributed by atoms with van der Waals surface area (Å²) >= 11 is 0. The van der Waals surface area contributed by atoms with Crippen molar-refractivity contribution in [2.24, 2.45) is 0 Å². The number of aryl methyl sites for hydroxylation is 3. The third-order valence-corrected chi connectivity index (χ3v) is 3.21. The van der Waals surface area contributed by atoms with Gasteiger partial charge < -0.3 is 10.6 Å². The summed E-state index contributed by atoms with van der Waals surface area (Å²) in [5, 5.41) is 5.23. The molecular formula is C16H17FN2O. The van der Waals surface area contributed by atoms with Gasteiger partial charge in [0.05, 0.1) is 5.69 Å². The highest BCUT2D eigenvalue weighted by molar-refractivity contribution is 6.00. The molecule has 2 rings (SSSR count). The molecule has 4 heteroatoms. The molecule has 2 aromatic carbocycles. The molecule has 0 heterocycles. The second-order valence-electron chi connectivity index (χ2n) is 4.81. The molecule has 0 spiro atoms. The van der Waals surface area contributed by atoms with Crippen LogP contribution in [0.1, 0.15) is 16.7 Å². The monoisotopic (exact) mass is 272 g/mol. The van der Waals surface area contributed by atoms with Crippen molar-refractivity contribution in [1.82, 2.24) is 0 Å². The number of nitrogens with one attached hydrogen (secondary N) is 2. The van der Waals surface area contributed by atoms with E-state index in [0.29, 0.717) is 0 Å². The second-order valence-corrected chi connectivity index (χ2v) is 4.81. The molecule has 0 bridgehead atoms. The summed E-state index contributed by atoms with van der Waals surface area (Å²) in [5.41, 5.74) is 4.12. The standard InChI is InChI=1S/C16H17FN2O/c1-10-8-12(3)15(9-11(10)2)19-16(20)18-14-7-5-4-6-13(14)17/h4-9H,1-3H3,(H2,18,19,20). The van der Waals surface area contributed by atoms with Gasteiger partial charge >= 0.3 is 6.03 Å². The summed E-state index contributed by atoms with van der Waals surface area (Å²) in [5.74, 6) is -0.459. The SMILES string of the molecule is Cc1cc(C)c(NC(=O)Nc2ccccc2F)cc1C. The quantitative estimate of drug-likeness (QED) is 0.836. The number of carbonyl (C=O) groups excluding carboxylic acids is 1. The van der Waals surface area contributed by atoms with Crippen LogP contribution in [0.2, 0.25) is 0 Å². The molecule has 0 atom stereocenters. The Kier molecular flexibility index (Phi) is 4.03. The van der Waals surface area contributed by atoms with Gasteiger partial charge in [-0.2, -0.15) is 0 Å². The van der Waals surface area contributed by atoms with Crippen LogP contribution in [0.25, 0.3) is 0 Å². The Hall–Kier alpha value is -2.36. The number of anilines is 2. The maximum Gasteiger partial charge on any atom is 0.323 e. The number of para-hydroxylation sites is 1. The van der Waals surface area contributed by atoms with Crippen LogP contribution in [-0.4, -0.2) is 6.03 Å². The highest BCUT2D eigenvalue weighted by Gasteiger charge is 2.08. The summed E-state index contributed by atoms with van der Waals surface area (Å²) in [6.07, 6.45) is 0. The van der Waals surface area contributed by atoms with Gasteiger partial charge in [-0.05, 0) is 55.7 Å². The molecule has 0 saturated carbocycles. The van der Waals surface area contributed by atoms with E-state index in [1.807, 2.05) is 32.9 Å². The van der Waals surface area contributed by atoms with Crippen molar-refractivity contribution in [3.05, 3.63) is 58.9 Å². The summed E-state index contributed by atoms with van der Waals surface area (Å²) in [6, 6.07) is 9.52. The maximum atomic E-state index is 13.4. The Bertz CT molecular complexity index is 653. The van der Waals surface area contributed by atoms with Gasteiger partial charge in [-0.25, -0.2) is 9.18 Å². The van der Waals surface area contributed by atoms with E-state index >= 15 is 0 Å².